The third-order valence-corrected chi connectivity index (χ3v) is 4.69. The van der Waals surface area contributed by atoms with Crippen molar-refractivity contribution in [2.75, 3.05) is 0 Å². The van der Waals surface area contributed by atoms with E-state index in [9.17, 15) is 9.90 Å². The maximum Gasteiger partial charge on any atom is 0.309 e. The molecule has 1 unspecified atom stereocenters. The maximum atomic E-state index is 11.7. The highest BCUT2D eigenvalue weighted by atomic mass is 16.5. The van der Waals surface area contributed by atoms with Crippen molar-refractivity contribution in [2.45, 2.75) is 83.3 Å². The summed E-state index contributed by atoms with van der Waals surface area (Å²) in [6.45, 7) is 4.21. The molecule has 0 amide bonds. The Morgan fingerprint density at radius 2 is 1.78 bits per heavy atom. The predicted octanol–water partition coefficient (Wildman–Crippen LogP) is 3.76. The maximum absolute atomic E-state index is 11.7. The number of rotatable bonds is 3. The molecule has 2 aliphatic rings. The number of ether oxygens (including phenoxy) is 1. The summed E-state index contributed by atoms with van der Waals surface area (Å²) < 4.78 is 6.00. The van der Waals surface area contributed by atoms with E-state index in [1.54, 1.807) is 0 Å². The smallest absolute Gasteiger partial charge is 0.309 e. The lowest BCUT2D eigenvalue weighted by atomic mass is 9.75. The molecule has 1 saturated heterocycles. The molecule has 0 aromatic heterocycles. The molecular weight excluding hydrogens is 228 g/mol. The third kappa shape index (κ3) is 3.05. The summed E-state index contributed by atoms with van der Waals surface area (Å²) in [4.78, 5) is 11.7. The molecule has 0 spiro atoms. The zero-order valence-corrected chi connectivity index (χ0v) is 11.7. The van der Waals surface area contributed by atoms with Crippen molar-refractivity contribution in [2.24, 2.45) is 5.41 Å². The lowest BCUT2D eigenvalue weighted by Crippen LogP contribution is -2.35. The number of carboxylic acid groups (broad SMARTS) is 1. The van der Waals surface area contributed by atoms with Crippen LogP contribution in [0.1, 0.15) is 71.6 Å². The molecule has 0 radical (unpaired) electrons. The van der Waals surface area contributed by atoms with E-state index < -0.39 is 11.4 Å². The minimum absolute atomic E-state index is 0.0604. The number of hydrogen-bond acceptors (Lipinski definition) is 2. The second-order valence-corrected chi connectivity index (χ2v) is 6.74. The van der Waals surface area contributed by atoms with Crippen molar-refractivity contribution in [3.8, 4) is 0 Å². The zero-order chi connectivity index (χ0) is 13.2. The molecule has 0 aromatic rings. The fraction of sp³-hybridized carbons (Fsp3) is 0.933. The van der Waals surface area contributed by atoms with E-state index in [2.05, 4.69) is 13.8 Å². The molecule has 3 heteroatoms. The fourth-order valence-electron chi connectivity index (χ4n) is 3.57. The Morgan fingerprint density at radius 3 is 2.22 bits per heavy atom. The van der Waals surface area contributed by atoms with Crippen molar-refractivity contribution in [3.63, 3.8) is 0 Å². The minimum Gasteiger partial charge on any atom is -0.481 e. The summed E-state index contributed by atoms with van der Waals surface area (Å²) in [6, 6.07) is 0. The molecule has 18 heavy (non-hydrogen) atoms. The van der Waals surface area contributed by atoms with Gasteiger partial charge in [-0.3, -0.25) is 4.79 Å². The van der Waals surface area contributed by atoms with Gasteiger partial charge in [-0.2, -0.15) is 0 Å². The normalized spacial score (nSPS) is 30.9. The van der Waals surface area contributed by atoms with Gasteiger partial charge in [-0.25, -0.2) is 0 Å². The number of carboxylic acids is 1. The number of hydrogen-bond donors (Lipinski definition) is 1. The second kappa shape index (κ2) is 5.20. The van der Waals surface area contributed by atoms with Gasteiger partial charge >= 0.3 is 5.97 Å². The lowest BCUT2D eigenvalue weighted by Gasteiger charge is -2.31. The Bertz CT molecular complexity index is 301. The largest absolute Gasteiger partial charge is 0.481 e. The molecule has 2 rings (SSSR count). The van der Waals surface area contributed by atoms with Gasteiger partial charge in [0.25, 0.3) is 0 Å². The monoisotopic (exact) mass is 254 g/mol. The van der Waals surface area contributed by atoms with Crippen LogP contribution < -0.4 is 0 Å². The molecule has 1 heterocycles. The van der Waals surface area contributed by atoms with Gasteiger partial charge in [0.1, 0.15) is 0 Å². The summed E-state index contributed by atoms with van der Waals surface area (Å²) >= 11 is 0. The van der Waals surface area contributed by atoms with E-state index >= 15 is 0 Å². The summed E-state index contributed by atoms with van der Waals surface area (Å²) in [7, 11) is 0. The minimum atomic E-state index is -0.599. The van der Waals surface area contributed by atoms with Gasteiger partial charge < -0.3 is 9.84 Å². The second-order valence-electron chi connectivity index (χ2n) is 6.74. The molecule has 1 atom stereocenters. The first-order valence-corrected chi connectivity index (χ1v) is 7.35. The van der Waals surface area contributed by atoms with Crippen molar-refractivity contribution < 1.29 is 14.6 Å². The summed E-state index contributed by atoms with van der Waals surface area (Å²) in [5.41, 5.74) is -0.573. The molecule has 2 fully saturated rings. The Labute approximate surface area is 110 Å². The molecule has 1 N–H and O–H groups in total. The number of aliphatic carboxylic acids is 1. The van der Waals surface area contributed by atoms with E-state index in [1.165, 1.54) is 12.8 Å². The van der Waals surface area contributed by atoms with Crippen LogP contribution in [0.15, 0.2) is 0 Å². The average Bonchev–Trinajstić information content (AvgIpc) is 2.52. The van der Waals surface area contributed by atoms with Crippen LogP contribution in [-0.2, 0) is 9.53 Å². The Hall–Kier alpha value is -0.570. The molecule has 104 valence electrons. The first-order valence-electron chi connectivity index (χ1n) is 7.35. The van der Waals surface area contributed by atoms with Crippen LogP contribution in [0.4, 0.5) is 0 Å². The predicted molar refractivity (Wildman–Crippen MR) is 70.6 cm³/mol. The summed E-state index contributed by atoms with van der Waals surface area (Å²) in [6.07, 6.45) is 9.09. The summed E-state index contributed by atoms with van der Waals surface area (Å²) in [5, 5.41) is 9.65. The van der Waals surface area contributed by atoms with Crippen LogP contribution in [0, 0.1) is 5.41 Å². The van der Waals surface area contributed by atoms with Crippen molar-refractivity contribution in [3.05, 3.63) is 0 Å². The Kier molecular flexibility index (Phi) is 4.00. The first kappa shape index (κ1) is 13.9. The number of carbonyl (C=O) groups is 1. The van der Waals surface area contributed by atoms with Crippen LogP contribution in [-0.4, -0.2) is 22.8 Å². The van der Waals surface area contributed by atoms with Crippen LogP contribution in [0.2, 0.25) is 0 Å². The van der Waals surface area contributed by atoms with Gasteiger partial charge in [-0.1, -0.05) is 25.7 Å². The first-order chi connectivity index (χ1) is 8.44. The molecule has 3 nitrogen and oxygen atoms in total. The van der Waals surface area contributed by atoms with Crippen LogP contribution >= 0.6 is 0 Å². The van der Waals surface area contributed by atoms with Gasteiger partial charge in [0.15, 0.2) is 0 Å². The Morgan fingerprint density at radius 1 is 1.17 bits per heavy atom. The van der Waals surface area contributed by atoms with Gasteiger partial charge in [0.05, 0.1) is 17.1 Å². The van der Waals surface area contributed by atoms with E-state index in [1.807, 2.05) is 0 Å². The average molecular weight is 254 g/mol. The molecule has 1 saturated carbocycles. The van der Waals surface area contributed by atoms with Gasteiger partial charge in [-0.15, -0.1) is 0 Å². The van der Waals surface area contributed by atoms with Crippen LogP contribution in [0.3, 0.4) is 0 Å². The molecule has 1 aliphatic carbocycles. The highest BCUT2D eigenvalue weighted by Gasteiger charge is 2.43. The van der Waals surface area contributed by atoms with Crippen molar-refractivity contribution >= 4 is 5.97 Å². The van der Waals surface area contributed by atoms with Gasteiger partial charge in [-0.05, 0) is 46.0 Å². The SMILES string of the molecule is CC1(C)CCC(CC2(C(=O)O)CCCCCC2)O1. The lowest BCUT2D eigenvalue weighted by molar-refractivity contribution is -0.153. The van der Waals surface area contributed by atoms with Gasteiger partial charge in [0.2, 0.25) is 0 Å². The molecular formula is C15H26O3. The van der Waals surface area contributed by atoms with E-state index in [0.29, 0.717) is 6.42 Å². The van der Waals surface area contributed by atoms with Crippen LogP contribution in [0.5, 0.6) is 0 Å². The molecule has 0 aromatic carbocycles. The molecule has 1 aliphatic heterocycles. The van der Waals surface area contributed by atoms with E-state index in [0.717, 1.165) is 38.5 Å². The van der Waals surface area contributed by atoms with E-state index in [4.69, 9.17) is 4.74 Å². The Balaban J connectivity index is 2.04. The fourth-order valence-corrected chi connectivity index (χ4v) is 3.57. The standard InChI is InChI=1S/C15H26O3/c1-14(2)10-7-12(18-14)11-15(13(16)17)8-5-3-4-6-9-15/h12H,3-11H2,1-2H3,(H,16,17). The molecule has 0 bridgehead atoms. The highest BCUT2D eigenvalue weighted by molar-refractivity contribution is 5.74. The topological polar surface area (TPSA) is 46.5 Å². The van der Waals surface area contributed by atoms with Crippen molar-refractivity contribution in [1.82, 2.24) is 0 Å². The highest BCUT2D eigenvalue weighted by Crippen LogP contribution is 2.43. The van der Waals surface area contributed by atoms with Crippen molar-refractivity contribution in [1.29, 1.82) is 0 Å². The van der Waals surface area contributed by atoms with Crippen LogP contribution in [0.25, 0.3) is 0 Å². The van der Waals surface area contributed by atoms with E-state index in [-0.39, 0.29) is 11.7 Å². The zero-order valence-electron chi connectivity index (χ0n) is 11.7. The quantitative estimate of drug-likeness (QED) is 0.780. The van der Waals surface area contributed by atoms with Gasteiger partial charge in [0, 0.05) is 0 Å². The third-order valence-electron chi connectivity index (χ3n) is 4.69. The summed E-state index contributed by atoms with van der Waals surface area (Å²) in [5.74, 6) is -0.599.